The third-order valence-electron chi connectivity index (χ3n) is 3.04. The summed E-state index contributed by atoms with van der Waals surface area (Å²) in [6.45, 7) is 0. The van der Waals surface area contributed by atoms with E-state index in [1.54, 1.807) is 18.2 Å². The van der Waals surface area contributed by atoms with E-state index in [0.29, 0.717) is 5.02 Å². The number of benzene rings is 1. The lowest BCUT2D eigenvalue weighted by atomic mass is 10.2. The second kappa shape index (κ2) is 6.16. The van der Waals surface area contributed by atoms with Crippen molar-refractivity contribution in [2.24, 2.45) is 0 Å². The van der Waals surface area contributed by atoms with Crippen LogP contribution in [0.2, 0.25) is 10.0 Å². The Morgan fingerprint density at radius 1 is 1.26 bits per heavy atom. The van der Waals surface area contributed by atoms with Crippen LogP contribution in [0, 0.1) is 0 Å². The summed E-state index contributed by atoms with van der Waals surface area (Å²) in [6.07, 6.45) is 4.48. The molecule has 0 aliphatic rings. The summed E-state index contributed by atoms with van der Waals surface area (Å²) in [4.78, 5) is 27.7. The van der Waals surface area contributed by atoms with Gasteiger partial charge in [-0.05, 0) is 17.7 Å². The normalized spacial score (nSPS) is 11.4. The Labute approximate surface area is 144 Å². The number of hydrogen-bond donors (Lipinski definition) is 1. The monoisotopic (exact) mass is 366 g/mol. The van der Waals surface area contributed by atoms with Crippen LogP contribution in [0.3, 0.4) is 0 Å². The summed E-state index contributed by atoms with van der Waals surface area (Å²) >= 11 is 13.0. The van der Waals surface area contributed by atoms with Crippen molar-refractivity contribution in [3.63, 3.8) is 0 Å². The van der Waals surface area contributed by atoms with Crippen molar-refractivity contribution in [3.8, 4) is 0 Å². The number of rotatable bonds is 3. The molecular weight excluding hydrogens is 359 g/mol. The van der Waals surface area contributed by atoms with Crippen LogP contribution in [0.25, 0.3) is 17.1 Å². The predicted octanol–water partition coefficient (Wildman–Crippen LogP) is 3.93. The maximum Gasteiger partial charge on any atom is 0.347 e. The minimum absolute atomic E-state index is 0.0119. The van der Waals surface area contributed by atoms with Crippen molar-refractivity contribution < 1.29 is 9.90 Å². The van der Waals surface area contributed by atoms with Crippen LogP contribution in [0.15, 0.2) is 35.3 Å². The maximum absolute atomic E-state index is 12.2. The molecule has 3 aromatic rings. The fourth-order valence-corrected chi connectivity index (χ4v) is 3.14. The van der Waals surface area contributed by atoms with Gasteiger partial charge in [0.15, 0.2) is 4.96 Å². The lowest BCUT2D eigenvalue weighted by Crippen LogP contribution is -2.14. The Kier molecular flexibility index (Phi) is 4.21. The Hall–Kier alpha value is -2.15. The van der Waals surface area contributed by atoms with Gasteiger partial charge in [-0.15, -0.1) is 0 Å². The standard InChI is InChI=1S/C15H8Cl2N2O3S/c16-9-4-2-1-3-8(9)5-6-10-12(17)13(20)19-7-11(14(21)22)23-15(19)18-10/h1-7H,(H,21,22). The molecule has 0 radical (unpaired) electrons. The highest BCUT2D eigenvalue weighted by Gasteiger charge is 2.14. The Balaban J connectivity index is 2.11. The van der Waals surface area contributed by atoms with Gasteiger partial charge in [0.25, 0.3) is 5.56 Å². The molecule has 0 amide bonds. The van der Waals surface area contributed by atoms with Crippen LogP contribution >= 0.6 is 34.5 Å². The lowest BCUT2D eigenvalue weighted by molar-refractivity contribution is 0.0702. The van der Waals surface area contributed by atoms with Gasteiger partial charge < -0.3 is 5.11 Å². The number of halogens is 2. The molecule has 2 heterocycles. The minimum Gasteiger partial charge on any atom is -0.477 e. The maximum atomic E-state index is 12.2. The molecule has 0 atom stereocenters. The van der Waals surface area contributed by atoms with Crippen LogP contribution in [0.5, 0.6) is 0 Å². The van der Waals surface area contributed by atoms with E-state index in [-0.39, 0.29) is 20.6 Å². The van der Waals surface area contributed by atoms with Crippen molar-refractivity contribution in [3.05, 3.63) is 67.0 Å². The van der Waals surface area contributed by atoms with Crippen molar-refractivity contribution >= 4 is 57.6 Å². The van der Waals surface area contributed by atoms with Crippen LogP contribution < -0.4 is 5.56 Å². The first-order chi connectivity index (χ1) is 11.0. The molecule has 0 saturated carbocycles. The zero-order valence-corrected chi connectivity index (χ0v) is 13.7. The average Bonchev–Trinajstić information content (AvgIpc) is 2.95. The van der Waals surface area contributed by atoms with E-state index < -0.39 is 11.5 Å². The molecule has 23 heavy (non-hydrogen) atoms. The van der Waals surface area contributed by atoms with Gasteiger partial charge in [-0.25, -0.2) is 9.78 Å². The van der Waals surface area contributed by atoms with Crippen LogP contribution in [0.1, 0.15) is 20.9 Å². The van der Waals surface area contributed by atoms with E-state index >= 15 is 0 Å². The number of nitrogens with zero attached hydrogens (tertiary/aromatic N) is 2. The van der Waals surface area contributed by atoms with Gasteiger partial charge in [0.2, 0.25) is 0 Å². The average molecular weight is 367 g/mol. The zero-order valence-electron chi connectivity index (χ0n) is 11.4. The number of carboxylic acids is 1. The molecule has 0 saturated heterocycles. The van der Waals surface area contributed by atoms with Crippen LogP contribution in [-0.4, -0.2) is 20.5 Å². The molecule has 8 heteroatoms. The topological polar surface area (TPSA) is 71.7 Å². The molecule has 2 aromatic heterocycles. The third kappa shape index (κ3) is 3.01. The number of fused-ring (bicyclic) bond motifs is 1. The number of aromatic nitrogens is 2. The molecule has 0 spiro atoms. The summed E-state index contributed by atoms with van der Waals surface area (Å²) in [5, 5.41) is 9.48. The van der Waals surface area contributed by atoms with Gasteiger partial charge in [0.1, 0.15) is 9.90 Å². The van der Waals surface area contributed by atoms with E-state index in [2.05, 4.69) is 4.98 Å². The highest BCUT2D eigenvalue weighted by molar-refractivity contribution is 7.18. The van der Waals surface area contributed by atoms with Crippen molar-refractivity contribution in [2.75, 3.05) is 0 Å². The van der Waals surface area contributed by atoms with Gasteiger partial charge in [0.05, 0.1) is 5.69 Å². The molecule has 0 unspecified atom stereocenters. The molecule has 3 rings (SSSR count). The van der Waals surface area contributed by atoms with E-state index in [1.165, 1.54) is 6.20 Å². The second-order valence-electron chi connectivity index (χ2n) is 4.52. The summed E-state index contributed by atoms with van der Waals surface area (Å²) in [6, 6.07) is 7.19. The van der Waals surface area contributed by atoms with E-state index in [1.807, 2.05) is 18.2 Å². The molecule has 1 aromatic carbocycles. The van der Waals surface area contributed by atoms with Gasteiger partial charge in [0, 0.05) is 11.2 Å². The smallest absolute Gasteiger partial charge is 0.347 e. The minimum atomic E-state index is -1.12. The summed E-state index contributed by atoms with van der Waals surface area (Å²) in [5.74, 6) is -1.12. The predicted molar refractivity (Wildman–Crippen MR) is 91.7 cm³/mol. The Bertz CT molecular complexity index is 1010. The molecule has 5 nitrogen and oxygen atoms in total. The fourth-order valence-electron chi connectivity index (χ4n) is 1.92. The highest BCUT2D eigenvalue weighted by Crippen LogP contribution is 2.21. The zero-order chi connectivity index (χ0) is 16.6. The van der Waals surface area contributed by atoms with E-state index in [9.17, 15) is 9.59 Å². The number of carboxylic acid groups (broad SMARTS) is 1. The largest absolute Gasteiger partial charge is 0.477 e. The molecular formula is C15H8Cl2N2O3S. The Morgan fingerprint density at radius 2 is 2.00 bits per heavy atom. The van der Waals surface area contributed by atoms with Crippen molar-refractivity contribution in [1.29, 1.82) is 0 Å². The van der Waals surface area contributed by atoms with Gasteiger partial charge in [-0.2, -0.15) is 0 Å². The summed E-state index contributed by atoms with van der Waals surface area (Å²) in [7, 11) is 0. The SMILES string of the molecule is O=C(O)c1cn2c(=O)c(Cl)c(C=Cc3ccccc3Cl)nc2s1. The van der Waals surface area contributed by atoms with Crippen LogP contribution in [0.4, 0.5) is 0 Å². The van der Waals surface area contributed by atoms with Crippen molar-refractivity contribution in [2.45, 2.75) is 0 Å². The van der Waals surface area contributed by atoms with Crippen LogP contribution in [-0.2, 0) is 0 Å². The quantitative estimate of drug-likeness (QED) is 0.761. The van der Waals surface area contributed by atoms with Gasteiger partial charge >= 0.3 is 5.97 Å². The highest BCUT2D eigenvalue weighted by atomic mass is 35.5. The lowest BCUT2D eigenvalue weighted by Gasteiger charge is -2.00. The molecule has 0 bridgehead atoms. The molecule has 0 aliphatic heterocycles. The molecule has 0 aliphatic carbocycles. The first-order valence-corrected chi connectivity index (χ1v) is 7.92. The second-order valence-corrected chi connectivity index (χ2v) is 6.32. The first kappa shape index (κ1) is 15.7. The first-order valence-electron chi connectivity index (χ1n) is 6.35. The molecule has 116 valence electrons. The summed E-state index contributed by atoms with van der Waals surface area (Å²) < 4.78 is 1.13. The Morgan fingerprint density at radius 3 is 2.70 bits per heavy atom. The van der Waals surface area contributed by atoms with E-state index in [4.69, 9.17) is 28.3 Å². The number of aromatic carboxylic acids is 1. The summed E-state index contributed by atoms with van der Waals surface area (Å²) in [5.41, 5.74) is 0.499. The fraction of sp³-hybridized carbons (Fsp3) is 0. The third-order valence-corrected chi connectivity index (χ3v) is 4.71. The van der Waals surface area contributed by atoms with Gasteiger partial charge in [-0.3, -0.25) is 9.20 Å². The number of carbonyl (C=O) groups is 1. The molecule has 1 N–H and O–H groups in total. The van der Waals surface area contributed by atoms with E-state index in [0.717, 1.165) is 21.3 Å². The number of thiazole rings is 1. The van der Waals surface area contributed by atoms with Gasteiger partial charge in [-0.1, -0.05) is 58.8 Å². The molecule has 0 fully saturated rings. The van der Waals surface area contributed by atoms with Crippen molar-refractivity contribution in [1.82, 2.24) is 9.38 Å². The number of hydrogen-bond acceptors (Lipinski definition) is 4.